The van der Waals surface area contributed by atoms with Gasteiger partial charge in [-0.1, -0.05) is 65.9 Å². The zero-order valence-electron chi connectivity index (χ0n) is 20.0. The van der Waals surface area contributed by atoms with Gasteiger partial charge in [0.05, 0.1) is 5.25 Å². The molecular weight excluding hydrogens is 466 g/mol. The number of anilines is 2. The molecule has 0 saturated carbocycles. The Kier molecular flexibility index (Phi) is 6.91. The van der Waals surface area contributed by atoms with Gasteiger partial charge < -0.3 is 0 Å². The lowest BCUT2D eigenvalue weighted by Crippen LogP contribution is -2.33. The Balaban J connectivity index is 1.52. The standard InChI is InChI=1S/C29H25N5OS/c1-21-15-17-26(18-16-21)34-27(23-10-9-19-30-20-23)31-32-29(34)36-22(2)28(35)33(24-11-5-3-6-12-24)25-13-7-4-8-14-25/h3-20,22H,1-2H3. The first-order valence-electron chi connectivity index (χ1n) is 11.7. The third-order valence-electron chi connectivity index (χ3n) is 5.72. The monoisotopic (exact) mass is 491 g/mol. The van der Waals surface area contributed by atoms with E-state index in [1.807, 2.05) is 96.4 Å². The molecule has 2 heterocycles. The van der Waals surface area contributed by atoms with Crippen LogP contribution in [-0.4, -0.2) is 30.9 Å². The highest BCUT2D eigenvalue weighted by atomic mass is 32.2. The van der Waals surface area contributed by atoms with Gasteiger partial charge in [-0.25, -0.2) is 0 Å². The van der Waals surface area contributed by atoms with Crippen molar-refractivity contribution in [3.8, 4) is 17.1 Å². The highest BCUT2D eigenvalue weighted by Gasteiger charge is 2.27. The third kappa shape index (κ3) is 4.92. The number of aromatic nitrogens is 4. The predicted molar refractivity (Wildman–Crippen MR) is 145 cm³/mol. The molecule has 5 rings (SSSR count). The highest BCUT2D eigenvalue weighted by Crippen LogP contribution is 2.33. The van der Waals surface area contributed by atoms with E-state index in [0.717, 1.165) is 28.2 Å². The molecule has 0 aliphatic carbocycles. The molecule has 1 unspecified atom stereocenters. The minimum atomic E-state index is -0.430. The number of hydrogen-bond donors (Lipinski definition) is 0. The summed E-state index contributed by atoms with van der Waals surface area (Å²) in [5, 5.41) is 9.19. The number of aryl methyl sites for hydroxylation is 1. The van der Waals surface area contributed by atoms with Crippen LogP contribution in [-0.2, 0) is 4.79 Å². The number of carbonyl (C=O) groups is 1. The van der Waals surface area contributed by atoms with Crippen LogP contribution in [0.1, 0.15) is 12.5 Å². The molecule has 0 saturated heterocycles. The molecule has 6 nitrogen and oxygen atoms in total. The zero-order valence-corrected chi connectivity index (χ0v) is 20.8. The van der Waals surface area contributed by atoms with Crippen molar-refractivity contribution in [3.63, 3.8) is 0 Å². The van der Waals surface area contributed by atoms with Gasteiger partial charge in [0.15, 0.2) is 11.0 Å². The van der Waals surface area contributed by atoms with Gasteiger partial charge in [-0.15, -0.1) is 10.2 Å². The van der Waals surface area contributed by atoms with Gasteiger partial charge in [0.1, 0.15) is 0 Å². The van der Waals surface area contributed by atoms with Crippen LogP contribution in [0, 0.1) is 6.92 Å². The Bertz CT molecular complexity index is 1400. The van der Waals surface area contributed by atoms with Crippen LogP contribution in [0.25, 0.3) is 17.1 Å². The van der Waals surface area contributed by atoms with Crippen molar-refractivity contribution in [2.45, 2.75) is 24.3 Å². The number of benzene rings is 3. The van der Waals surface area contributed by atoms with E-state index in [-0.39, 0.29) is 5.91 Å². The Morgan fingerprint density at radius 1 is 0.833 bits per heavy atom. The summed E-state index contributed by atoms with van der Waals surface area (Å²) in [4.78, 5) is 19.9. The third-order valence-corrected chi connectivity index (χ3v) is 6.75. The largest absolute Gasteiger partial charge is 0.280 e. The maximum Gasteiger partial charge on any atom is 0.244 e. The Labute approximate surface area is 214 Å². The van der Waals surface area contributed by atoms with E-state index >= 15 is 0 Å². The van der Waals surface area contributed by atoms with E-state index < -0.39 is 5.25 Å². The molecule has 2 aromatic heterocycles. The van der Waals surface area contributed by atoms with E-state index in [0.29, 0.717) is 11.0 Å². The number of hydrogen-bond acceptors (Lipinski definition) is 5. The summed E-state index contributed by atoms with van der Waals surface area (Å²) in [6.07, 6.45) is 3.50. The molecule has 5 aromatic rings. The van der Waals surface area contributed by atoms with Crippen LogP contribution in [0.5, 0.6) is 0 Å². The lowest BCUT2D eigenvalue weighted by molar-refractivity contribution is -0.117. The summed E-state index contributed by atoms with van der Waals surface area (Å²) in [5.74, 6) is 0.635. The van der Waals surface area contributed by atoms with E-state index in [4.69, 9.17) is 0 Å². The van der Waals surface area contributed by atoms with Gasteiger partial charge in [-0.05, 0) is 62.4 Å². The van der Waals surface area contributed by atoms with E-state index in [1.54, 1.807) is 17.3 Å². The fourth-order valence-electron chi connectivity index (χ4n) is 3.90. The quantitative estimate of drug-likeness (QED) is 0.244. The van der Waals surface area contributed by atoms with Gasteiger partial charge >= 0.3 is 0 Å². The first-order chi connectivity index (χ1) is 17.6. The van der Waals surface area contributed by atoms with Crippen LogP contribution in [0.3, 0.4) is 0 Å². The summed E-state index contributed by atoms with van der Waals surface area (Å²) >= 11 is 1.39. The van der Waals surface area contributed by atoms with Crippen LogP contribution in [0.15, 0.2) is 115 Å². The maximum absolute atomic E-state index is 13.9. The summed E-state index contributed by atoms with van der Waals surface area (Å²) in [5.41, 5.74) is 4.57. The molecule has 7 heteroatoms. The van der Waals surface area contributed by atoms with Crippen molar-refractivity contribution >= 4 is 29.0 Å². The normalized spacial score (nSPS) is 11.7. The fourth-order valence-corrected chi connectivity index (χ4v) is 4.81. The number of pyridine rings is 1. The lowest BCUT2D eigenvalue weighted by Gasteiger charge is -2.26. The van der Waals surface area contributed by atoms with Crippen molar-refractivity contribution in [2.24, 2.45) is 0 Å². The molecule has 36 heavy (non-hydrogen) atoms. The molecule has 1 atom stereocenters. The second-order valence-electron chi connectivity index (χ2n) is 8.32. The molecule has 0 aliphatic heterocycles. The predicted octanol–water partition coefficient (Wildman–Crippen LogP) is 6.48. The maximum atomic E-state index is 13.9. The van der Waals surface area contributed by atoms with Gasteiger partial charge in [-0.3, -0.25) is 19.2 Å². The fraction of sp³-hybridized carbons (Fsp3) is 0.103. The van der Waals surface area contributed by atoms with Crippen LogP contribution < -0.4 is 4.90 Å². The average molecular weight is 492 g/mol. The van der Waals surface area contributed by atoms with Gasteiger partial charge in [0.25, 0.3) is 0 Å². The molecule has 3 aromatic carbocycles. The second-order valence-corrected chi connectivity index (χ2v) is 9.63. The lowest BCUT2D eigenvalue weighted by atomic mass is 10.2. The second kappa shape index (κ2) is 10.6. The van der Waals surface area contributed by atoms with Crippen molar-refractivity contribution < 1.29 is 4.79 Å². The Morgan fingerprint density at radius 2 is 1.47 bits per heavy atom. The number of para-hydroxylation sites is 2. The molecule has 0 N–H and O–H groups in total. The smallest absolute Gasteiger partial charge is 0.244 e. The van der Waals surface area contributed by atoms with Gasteiger partial charge in [0.2, 0.25) is 5.91 Å². The first kappa shape index (κ1) is 23.5. The van der Waals surface area contributed by atoms with E-state index in [2.05, 4.69) is 34.2 Å². The minimum absolute atomic E-state index is 0.0428. The summed E-state index contributed by atoms with van der Waals surface area (Å²) < 4.78 is 1.99. The average Bonchev–Trinajstić information content (AvgIpc) is 3.34. The minimum Gasteiger partial charge on any atom is -0.280 e. The Morgan fingerprint density at radius 3 is 2.06 bits per heavy atom. The molecule has 178 valence electrons. The Hall–Kier alpha value is -4.23. The number of amides is 1. The van der Waals surface area contributed by atoms with Crippen molar-refractivity contribution in [2.75, 3.05) is 4.90 Å². The number of nitrogens with zero attached hydrogens (tertiary/aromatic N) is 5. The number of thioether (sulfide) groups is 1. The van der Waals surface area contributed by atoms with Crippen LogP contribution in [0.4, 0.5) is 11.4 Å². The summed E-state index contributed by atoms with van der Waals surface area (Å²) in [7, 11) is 0. The molecule has 0 bridgehead atoms. The van der Waals surface area contributed by atoms with E-state index in [1.165, 1.54) is 11.8 Å². The zero-order chi connectivity index (χ0) is 24.9. The first-order valence-corrected chi connectivity index (χ1v) is 12.5. The van der Waals surface area contributed by atoms with Crippen molar-refractivity contribution in [3.05, 3.63) is 115 Å². The number of carbonyl (C=O) groups excluding carboxylic acids is 1. The van der Waals surface area contributed by atoms with Gasteiger partial charge in [-0.2, -0.15) is 0 Å². The number of rotatable bonds is 7. The van der Waals surface area contributed by atoms with Crippen LogP contribution in [0.2, 0.25) is 0 Å². The SMILES string of the molecule is Cc1ccc(-n2c(SC(C)C(=O)N(c3ccccc3)c3ccccc3)nnc2-c2cccnc2)cc1. The molecule has 1 amide bonds. The summed E-state index contributed by atoms with van der Waals surface area (Å²) in [6.45, 7) is 3.96. The van der Waals surface area contributed by atoms with Gasteiger partial charge in [0, 0.05) is 35.0 Å². The van der Waals surface area contributed by atoms with E-state index in [9.17, 15) is 4.79 Å². The van der Waals surface area contributed by atoms with Crippen LogP contribution >= 0.6 is 11.8 Å². The highest BCUT2D eigenvalue weighted by molar-refractivity contribution is 8.00. The molecule has 0 radical (unpaired) electrons. The van der Waals surface area contributed by atoms with Crippen molar-refractivity contribution in [1.29, 1.82) is 0 Å². The topological polar surface area (TPSA) is 63.9 Å². The molecular formula is C29H25N5OS. The van der Waals surface area contributed by atoms with Crippen molar-refractivity contribution in [1.82, 2.24) is 19.7 Å². The molecule has 0 spiro atoms. The molecule has 0 fully saturated rings. The summed E-state index contributed by atoms with van der Waals surface area (Å²) in [6, 6.07) is 31.4. The molecule has 0 aliphatic rings.